The molecule has 3 nitrogen and oxygen atoms in total. The van der Waals surface area contributed by atoms with Crippen molar-refractivity contribution in [2.75, 3.05) is 7.05 Å². The predicted molar refractivity (Wildman–Crippen MR) is 140 cm³/mol. The van der Waals surface area contributed by atoms with E-state index in [4.69, 9.17) is 4.74 Å². The Morgan fingerprint density at radius 1 is 0.800 bits per heavy atom. The van der Waals surface area contributed by atoms with Crippen LogP contribution < -0.4 is 0 Å². The molecule has 1 amide bonds. The summed E-state index contributed by atoms with van der Waals surface area (Å²) < 4.78 is 7.15. The summed E-state index contributed by atoms with van der Waals surface area (Å²) in [7, 11) is 2.06. The fourth-order valence-electron chi connectivity index (χ4n) is 9.10. The normalized spacial score (nSPS) is 38.7. The molecule has 1 saturated heterocycles. The molecule has 0 unspecified atom stereocenters. The molecule has 3 heteroatoms. The fourth-order valence-corrected chi connectivity index (χ4v) is 9.10. The van der Waals surface area contributed by atoms with Crippen molar-refractivity contribution in [2.24, 2.45) is 28.6 Å². The molecule has 35 heavy (non-hydrogen) atoms. The lowest BCUT2D eigenvalue weighted by Crippen LogP contribution is -2.61. The van der Waals surface area contributed by atoms with Gasteiger partial charge in [-0.15, -0.1) is 0 Å². The molecule has 6 rings (SSSR count). The minimum absolute atomic E-state index is 0.0121. The van der Waals surface area contributed by atoms with Crippen LogP contribution in [-0.2, 0) is 9.53 Å². The number of carbonyl (C=O) groups is 1. The SMILES string of the molecule is CN1C(=O)CC[C@]2(C)[C@H]3CC[C@]4(C)[C@@H](OC(c5ccccc5)c5ccccc5)CC[C@H]4[C@@H]3CC[C@@H]12. The third-order valence-corrected chi connectivity index (χ3v) is 11.0. The number of rotatable bonds is 4. The van der Waals surface area contributed by atoms with Crippen molar-refractivity contribution in [3.05, 3.63) is 71.8 Å². The number of amides is 1. The fraction of sp³-hybridized carbons (Fsp3) is 0.594. The number of piperidine rings is 1. The first-order valence-electron chi connectivity index (χ1n) is 13.9. The van der Waals surface area contributed by atoms with E-state index in [9.17, 15) is 4.79 Å². The number of benzene rings is 2. The van der Waals surface area contributed by atoms with Gasteiger partial charge >= 0.3 is 0 Å². The maximum atomic E-state index is 12.5. The van der Waals surface area contributed by atoms with Gasteiger partial charge in [-0.1, -0.05) is 74.5 Å². The lowest BCUT2D eigenvalue weighted by Gasteiger charge is -2.61. The summed E-state index contributed by atoms with van der Waals surface area (Å²) in [5.41, 5.74) is 3.02. The molecule has 7 atom stereocenters. The molecular weight excluding hydrogens is 430 g/mol. The van der Waals surface area contributed by atoms with Gasteiger partial charge in [-0.2, -0.15) is 0 Å². The summed E-state index contributed by atoms with van der Waals surface area (Å²) in [5, 5.41) is 0. The summed E-state index contributed by atoms with van der Waals surface area (Å²) >= 11 is 0. The number of likely N-dealkylation sites (tertiary alicyclic amines) is 1. The predicted octanol–water partition coefficient (Wildman–Crippen LogP) is 7.02. The topological polar surface area (TPSA) is 29.5 Å². The third-order valence-electron chi connectivity index (χ3n) is 11.0. The number of nitrogens with zero attached hydrogens (tertiary/aromatic N) is 1. The van der Waals surface area contributed by atoms with Crippen molar-refractivity contribution < 1.29 is 9.53 Å². The molecule has 2 aromatic carbocycles. The molecular formula is C32H41NO2. The second kappa shape index (κ2) is 8.76. The third kappa shape index (κ3) is 3.68. The second-order valence-electron chi connectivity index (χ2n) is 12.4. The van der Waals surface area contributed by atoms with Crippen LogP contribution in [0.25, 0.3) is 0 Å². The number of fused-ring (bicyclic) bond motifs is 5. The molecule has 0 aromatic heterocycles. The summed E-state index contributed by atoms with van der Waals surface area (Å²) in [6.45, 7) is 5.06. The van der Waals surface area contributed by atoms with Gasteiger partial charge in [0.05, 0.1) is 6.10 Å². The van der Waals surface area contributed by atoms with Crippen LogP contribution in [0.3, 0.4) is 0 Å². The molecule has 1 heterocycles. The molecule has 4 fully saturated rings. The zero-order valence-electron chi connectivity index (χ0n) is 21.7. The zero-order valence-corrected chi connectivity index (χ0v) is 21.7. The minimum Gasteiger partial charge on any atom is -0.365 e. The van der Waals surface area contributed by atoms with Crippen molar-refractivity contribution in [1.82, 2.24) is 4.90 Å². The van der Waals surface area contributed by atoms with Gasteiger partial charge < -0.3 is 9.64 Å². The van der Waals surface area contributed by atoms with Crippen molar-refractivity contribution in [2.45, 2.75) is 83.5 Å². The van der Waals surface area contributed by atoms with Crippen molar-refractivity contribution in [3.8, 4) is 0 Å². The highest BCUT2D eigenvalue weighted by Gasteiger charge is 2.61. The number of ether oxygens (including phenoxy) is 1. The maximum Gasteiger partial charge on any atom is 0.222 e. The van der Waals surface area contributed by atoms with E-state index in [0.717, 1.165) is 30.6 Å². The lowest BCUT2D eigenvalue weighted by molar-refractivity contribution is -0.163. The first-order chi connectivity index (χ1) is 16.9. The molecule has 3 aliphatic carbocycles. The van der Waals surface area contributed by atoms with Crippen molar-refractivity contribution in [3.63, 3.8) is 0 Å². The molecule has 0 bridgehead atoms. The molecule has 2 aromatic rings. The van der Waals surface area contributed by atoms with Crippen LogP contribution in [0.1, 0.15) is 82.4 Å². The molecule has 4 aliphatic rings. The van der Waals surface area contributed by atoms with Crippen LogP contribution in [0.5, 0.6) is 0 Å². The van der Waals surface area contributed by atoms with Crippen LogP contribution in [-0.4, -0.2) is 30.0 Å². The summed E-state index contributed by atoms with van der Waals surface area (Å²) in [5.74, 6) is 2.61. The highest BCUT2D eigenvalue weighted by Crippen LogP contribution is 2.65. The molecule has 0 spiro atoms. The van der Waals surface area contributed by atoms with E-state index in [1.165, 1.54) is 49.7 Å². The van der Waals surface area contributed by atoms with E-state index >= 15 is 0 Å². The molecule has 0 radical (unpaired) electrons. The average molecular weight is 472 g/mol. The lowest BCUT2D eigenvalue weighted by atomic mass is 9.47. The van der Waals surface area contributed by atoms with E-state index in [-0.39, 0.29) is 16.9 Å². The highest BCUT2D eigenvalue weighted by molar-refractivity contribution is 5.77. The van der Waals surface area contributed by atoms with E-state index in [1.807, 2.05) is 0 Å². The quantitative estimate of drug-likeness (QED) is 0.479. The molecule has 186 valence electrons. The van der Waals surface area contributed by atoms with Crippen LogP contribution in [0.15, 0.2) is 60.7 Å². The number of carbonyl (C=O) groups excluding carboxylic acids is 1. The Morgan fingerprint density at radius 2 is 1.43 bits per heavy atom. The van der Waals surface area contributed by atoms with Crippen LogP contribution in [0.4, 0.5) is 0 Å². The van der Waals surface area contributed by atoms with Crippen LogP contribution >= 0.6 is 0 Å². The van der Waals surface area contributed by atoms with E-state index in [2.05, 4.69) is 86.5 Å². The van der Waals surface area contributed by atoms with Gasteiger partial charge in [-0.25, -0.2) is 0 Å². The average Bonchev–Trinajstić information content (AvgIpc) is 3.22. The highest BCUT2D eigenvalue weighted by atomic mass is 16.5. The Kier molecular flexibility index (Phi) is 5.83. The smallest absolute Gasteiger partial charge is 0.222 e. The van der Waals surface area contributed by atoms with E-state index < -0.39 is 0 Å². The number of hydrogen-bond donors (Lipinski definition) is 0. The van der Waals surface area contributed by atoms with Crippen molar-refractivity contribution in [1.29, 1.82) is 0 Å². The number of hydrogen-bond acceptors (Lipinski definition) is 2. The Morgan fingerprint density at radius 3 is 2.09 bits per heavy atom. The van der Waals surface area contributed by atoms with E-state index in [0.29, 0.717) is 18.1 Å². The summed E-state index contributed by atoms with van der Waals surface area (Å²) in [6.07, 6.45) is 9.53. The Hall–Kier alpha value is -2.13. The standard InChI is InChI=1S/C32H41NO2/c1-31-21-19-29(34)33(3)27(31)16-14-24-25-15-17-28(32(25,2)20-18-26(24)31)35-30(22-10-6-4-7-11-22)23-12-8-5-9-13-23/h4-13,24-28,30H,14-21H2,1-3H3/t24-,25-,26-,27+,28-,31+,32-/m0/s1. The summed E-state index contributed by atoms with van der Waals surface area (Å²) in [4.78, 5) is 14.6. The van der Waals surface area contributed by atoms with Gasteiger partial charge in [0.15, 0.2) is 0 Å². The monoisotopic (exact) mass is 471 g/mol. The Bertz CT molecular complexity index is 1010. The second-order valence-corrected chi connectivity index (χ2v) is 12.4. The molecule has 3 saturated carbocycles. The zero-order chi connectivity index (χ0) is 24.2. The van der Waals surface area contributed by atoms with Gasteiger partial charge in [0.1, 0.15) is 6.10 Å². The van der Waals surface area contributed by atoms with Crippen LogP contribution in [0, 0.1) is 28.6 Å². The Balaban J connectivity index is 1.26. The summed E-state index contributed by atoms with van der Waals surface area (Å²) in [6, 6.07) is 22.0. The first kappa shape index (κ1) is 23.3. The molecule has 0 N–H and O–H groups in total. The maximum absolute atomic E-state index is 12.5. The van der Waals surface area contributed by atoms with Gasteiger partial charge in [-0.05, 0) is 84.7 Å². The van der Waals surface area contributed by atoms with Gasteiger partial charge in [-0.3, -0.25) is 4.79 Å². The molecule has 1 aliphatic heterocycles. The largest absolute Gasteiger partial charge is 0.365 e. The Labute approximate surface area is 211 Å². The van der Waals surface area contributed by atoms with Gasteiger partial charge in [0, 0.05) is 19.5 Å². The van der Waals surface area contributed by atoms with Gasteiger partial charge in [0.2, 0.25) is 5.91 Å². The van der Waals surface area contributed by atoms with E-state index in [1.54, 1.807) is 0 Å². The first-order valence-corrected chi connectivity index (χ1v) is 13.9. The minimum atomic E-state index is -0.0121. The van der Waals surface area contributed by atoms with Crippen molar-refractivity contribution >= 4 is 5.91 Å². The van der Waals surface area contributed by atoms with Gasteiger partial charge in [0.25, 0.3) is 0 Å². The van der Waals surface area contributed by atoms with Crippen LogP contribution in [0.2, 0.25) is 0 Å².